The molecule has 1 aliphatic rings. The Bertz CT molecular complexity index is 367. The van der Waals surface area contributed by atoms with Crippen molar-refractivity contribution in [1.29, 1.82) is 0 Å². The van der Waals surface area contributed by atoms with Crippen LogP contribution >= 0.6 is 23.5 Å². The molecule has 2 rings (SSSR count). The molecule has 0 spiro atoms. The van der Waals surface area contributed by atoms with Gasteiger partial charge in [0.05, 0.1) is 0 Å². The molecule has 0 aliphatic carbocycles. The highest BCUT2D eigenvalue weighted by Gasteiger charge is 2.19. The third-order valence-electron chi connectivity index (χ3n) is 2.15. The molecule has 1 atom stereocenters. The van der Waals surface area contributed by atoms with Gasteiger partial charge in [-0.1, -0.05) is 12.1 Å². The molecule has 0 fully saturated rings. The average Bonchev–Trinajstić information content (AvgIpc) is 2.26. The van der Waals surface area contributed by atoms with Crippen LogP contribution in [0.5, 0.6) is 0 Å². The Morgan fingerprint density at radius 3 is 2.93 bits per heavy atom. The summed E-state index contributed by atoms with van der Waals surface area (Å²) in [5, 5.41) is 3.37. The van der Waals surface area contributed by atoms with Crippen LogP contribution in [0.3, 0.4) is 0 Å². The molecule has 0 saturated carbocycles. The van der Waals surface area contributed by atoms with E-state index in [0.717, 1.165) is 12.3 Å². The second kappa shape index (κ2) is 4.94. The van der Waals surface area contributed by atoms with Crippen molar-refractivity contribution in [3.63, 3.8) is 0 Å². The SMILES string of the molecule is CC(=O)NCC1CSc2ccccc2S1. The fourth-order valence-corrected chi connectivity index (χ4v) is 3.95. The van der Waals surface area contributed by atoms with Crippen LogP contribution in [0.15, 0.2) is 34.1 Å². The summed E-state index contributed by atoms with van der Waals surface area (Å²) in [6.07, 6.45) is 0. The van der Waals surface area contributed by atoms with Crippen LogP contribution in [0.4, 0.5) is 0 Å². The molecule has 1 heterocycles. The second-order valence-electron chi connectivity index (χ2n) is 3.43. The molecule has 2 nitrogen and oxygen atoms in total. The summed E-state index contributed by atoms with van der Waals surface area (Å²) in [7, 11) is 0. The van der Waals surface area contributed by atoms with E-state index >= 15 is 0 Å². The molecule has 15 heavy (non-hydrogen) atoms. The molecule has 1 amide bonds. The zero-order valence-corrected chi connectivity index (χ0v) is 10.2. The lowest BCUT2D eigenvalue weighted by atomic mass is 10.4. The molecule has 80 valence electrons. The summed E-state index contributed by atoms with van der Waals surface area (Å²) in [5.41, 5.74) is 0. The predicted octanol–water partition coefficient (Wildman–Crippen LogP) is 2.39. The maximum atomic E-state index is 10.8. The van der Waals surface area contributed by atoms with Gasteiger partial charge in [0.1, 0.15) is 0 Å². The van der Waals surface area contributed by atoms with Gasteiger partial charge in [0.15, 0.2) is 0 Å². The molecule has 4 heteroatoms. The number of benzene rings is 1. The Morgan fingerprint density at radius 2 is 2.20 bits per heavy atom. The van der Waals surface area contributed by atoms with Gasteiger partial charge >= 0.3 is 0 Å². The molecule has 1 aromatic carbocycles. The van der Waals surface area contributed by atoms with Crippen molar-refractivity contribution < 1.29 is 4.79 Å². The Balaban J connectivity index is 1.96. The maximum absolute atomic E-state index is 10.8. The lowest BCUT2D eigenvalue weighted by Crippen LogP contribution is -2.30. The number of hydrogen-bond donors (Lipinski definition) is 1. The first-order valence-corrected chi connectivity index (χ1v) is 6.75. The quantitative estimate of drug-likeness (QED) is 0.859. The highest BCUT2D eigenvalue weighted by atomic mass is 32.2. The number of carbonyl (C=O) groups excluding carboxylic acids is 1. The van der Waals surface area contributed by atoms with Gasteiger partial charge in [0.25, 0.3) is 0 Å². The van der Waals surface area contributed by atoms with Gasteiger partial charge in [-0.05, 0) is 12.1 Å². The normalized spacial score (nSPS) is 19.4. The van der Waals surface area contributed by atoms with Crippen LogP contribution in [0.2, 0.25) is 0 Å². The van der Waals surface area contributed by atoms with E-state index in [-0.39, 0.29) is 5.91 Å². The molecular formula is C11H13NOS2. The fourth-order valence-electron chi connectivity index (χ4n) is 1.42. The van der Waals surface area contributed by atoms with Gasteiger partial charge in [-0.2, -0.15) is 0 Å². The molecule has 1 aliphatic heterocycles. The summed E-state index contributed by atoms with van der Waals surface area (Å²) >= 11 is 3.74. The Kier molecular flexibility index (Phi) is 3.59. The molecule has 0 saturated heterocycles. The minimum Gasteiger partial charge on any atom is -0.355 e. The lowest BCUT2D eigenvalue weighted by Gasteiger charge is -2.23. The molecule has 0 bridgehead atoms. The van der Waals surface area contributed by atoms with Gasteiger partial charge < -0.3 is 5.32 Å². The number of nitrogens with one attached hydrogen (secondary N) is 1. The Morgan fingerprint density at radius 1 is 1.47 bits per heavy atom. The van der Waals surface area contributed by atoms with Crippen LogP contribution < -0.4 is 5.32 Å². The van der Waals surface area contributed by atoms with Crippen LogP contribution in [0.1, 0.15) is 6.92 Å². The van der Waals surface area contributed by atoms with E-state index in [9.17, 15) is 4.79 Å². The highest BCUT2D eigenvalue weighted by molar-refractivity contribution is 8.06. The topological polar surface area (TPSA) is 29.1 Å². The van der Waals surface area contributed by atoms with Crippen LogP contribution in [-0.2, 0) is 4.79 Å². The number of hydrogen-bond acceptors (Lipinski definition) is 3. The van der Waals surface area contributed by atoms with E-state index in [4.69, 9.17) is 0 Å². The van der Waals surface area contributed by atoms with E-state index in [1.807, 2.05) is 23.5 Å². The third kappa shape index (κ3) is 2.92. The fraction of sp³-hybridized carbons (Fsp3) is 0.364. The number of fused-ring (bicyclic) bond motifs is 1. The van der Waals surface area contributed by atoms with E-state index < -0.39 is 0 Å². The number of amides is 1. The van der Waals surface area contributed by atoms with Crippen molar-refractivity contribution in [3.8, 4) is 0 Å². The molecule has 0 radical (unpaired) electrons. The smallest absolute Gasteiger partial charge is 0.216 e. The Labute approximate surface area is 98.2 Å². The number of thioether (sulfide) groups is 2. The zero-order valence-electron chi connectivity index (χ0n) is 8.53. The summed E-state index contributed by atoms with van der Waals surface area (Å²) < 4.78 is 0. The van der Waals surface area contributed by atoms with Crippen LogP contribution in [0.25, 0.3) is 0 Å². The van der Waals surface area contributed by atoms with Crippen molar-refractivity contribution in [2.24, 2.45) is 0 Å². The summed E-state index contributed by atoms with van der Waals surface area (Å²) in [4.78, 5) is 13.5. The molecule has 0 aromatic heterocycles. The monoisotopic (exact) mass is 239 g/mol. The highest BCUT2D eigenvalue weighted by Crippen LogP contribution is 2.39. The van der Waals surface area contributed by atoms with Crippen molar-refractivity contribution in [3.05, 3.63) is 24.3 Å². The first-order valence-electron chi connectivity index (χ1n) is 4.88. The van der Waals surface area contributed by atoms with Crippen molar-refractivity contribution >= 4 is 29.4 Å². The number of rotatable bonds is 2. The lowest BCUT2D eigenvalue weighted by molar-refractivity contribution is -0.118. The summed E-state index contributed by atoms with van der Waals surface area (Å²) in [6, 6.07) is 8.43. The van der Waals surface area contributed by atoms with E-state index in [1.165, 1.54) is 9.79 Å². The number of carbonyl (C=O) groups is 1. The maximum Gasteiger partial charge on any atom is 0.216 e. The first-order chi connectivity index (χ1) is 7.25. The van der Waals surface area contributed by atoms with E-state index in [1.54, 1.807) is 6.92 Å². The zero-order chi connectivity index (χ0) is 10.7. The van der Waals surface area contributed by atoms with Crippen molar-refractivity contribution in [2.75, 3.05) is 12.3 Å². The van der Waals surface area contributed by atoms with Crippen LogP contribution in [-0.4, -0.2) is 23.5 Å². The van der Waals surface area contributed by atoms with E-state index in [0.29, 0.717) is 5.25 Å². The average molecular weight is 239 g/mol. The third-order valence-corrected chi connectivity index (χ3v) is 5.00. The van der Waals surface area contributed by atoms with Gasteiger partial charge in [0, 0.05) is 34.3 Å². The minimum atomic E-state index is 0.0551. The standard InChI is InChI=1S/C11H13NOS2/c1-8(13)12-6-9-7-14-10-4-2-3-5-11(10)15-9/h2-5,9H,6-7H2,1H3,(H,12,13). The van der Waals surface area contributed by atoms with Crippen molar-refractivity contribution in [2.45, 2.75) is 22.0 Å². The Hall–Kier alpha value is -0.610. The summed E-state index contributed by atoms with van der Waals surface area (Å²) in [6.45, 7) is 2.33. The van der Waals surface area contributed by atoms with Gasteiger partial charge in [-0.15, -0.1) is 23.5 Å². The largest absolute Gasteiger partial charge is 0.355 e. The van der Waals surface area contributed by atoms with E-state index in [2.05, 4.69) is 29.6 Å². The molecular weight excluding hydrogens is 226 g/mol. The van der Waals surface area contributed by atoms with Gasteiger partial charge in [-0.25, -0.2) is 0 Å². The van der Waals surface area contributed by atoms with Gasteiger partial charge in [-0.3, -0.25) is 4.79 Å². The molecule has 1 aromatic rings. The second-order valence-corrected chi connectivity index (χ2v) is 5.84. The van der Waals surface area contributed by atoms with Gasteiger partial charge in [0.2, 0.25) is 5.91 Å². The predicted molar refractivity (Wildman–Crippen MR) is 65.5 cm³/mol. The molecule has 1 unspecified atom stereocenters. The summed E-state index contributed by atoms with van der Waals surface area (Å²) in [5.74, 6) is 1.13. The first kappa shape index (κ1) is 10.9. The minimum absolute atomic E-state index is 0.0551. The van der Waals surface area contributed by atoms with Crippen LogP contribution in [0, 0.1) is 0 Å². The van der Waals surface area contributed by atoms with Crippen molar-refractivity contribution in [1.82, 2.24) is 5.32 Å². The molecule has 1 N–H and O–H groups in total.